The Bertz CT molecular complexity index is 541. The molecule has 0 saturated heterocycles. The van der Waals surface area contributed by atoms with E-state index in [1.165, 1.54) is 11.5 Å². The molecule has 19 heavy (non-hydrogen) atoms. The highest BCUT2D eigenvalue weighted by Crippen LogP contribution is 2.31. The van der Waals surface area contributed by atoms with E-state index < -0.39 is 6.10 Å². The van der Waals surface area contributed by atoms with Crippen LogP contribution in [0.3, 0.4) is 0 Å². The average molecular weight is 280 g/mol. The summed E-state index contributed by atoms with van der Waals surface area (Å²) in [6.07, 6.45) is 3.59. The predicted molar refractivity (Wildman–Crippen MR) is 75.2 cm³/mol. The predicted octanol–water partition coefficient (Wildman–Crippen LogP) is 2.33. The number of aryl methyl sites for hydroxylation is 1. The van der Waals surface area contributed by atoms with Gasteiger partial charge in [0.1, 0.15) is 5.82 Å². The van der Waals surface area contributed by atoms with Crippen LogP contribution >= 0.6 is 11.5 Å². The third kappa shape index (κ3) is 3.01. The van der Waals surface area contributed by atoms with Crippen LogP contribution in [0.2, 0.25) is 0 Å². The number of rotatable bonds is 4. The maximum atomic E-state index is 10.4. The number of nitrogens with zero attached hydrogens (tertiary/aromatic N) is 4. The van der Waals surface area contributed by atoms with E-state index in [0.29, 0.717) is 6.42 Å². The Morgan fingerprint density at radius 3 is 2.79 bits per heavy atom. The van der Waals surface area contributed by atoms with Crippen LogP contribution in [-0.4, -0.2) is 24.2 Å². The monoisotopic (exact) mass is 280 g/mol. The minimum atomic E-state index is -0.595. The van der Waals surface area contributed by atoms with Gasteiger partial charge in [-0.3, -0.25) is 0 Å². The standard InChI is InChI=1S/C13H20N4OS/c1-5-17-7-6-14-10(17)8-9(18)11-12(13(2,3)4)15-16-19-11/h6-7,9,18H,5,8H2,1-4H3. The van der Waals surface area contributed by atoms with E-state index in [0.717, 1.165) is 22.9 Å². The minimum Gasteiger partial charge on any atom is -0.387 e. The molecule has 2 heterocycles. The van der Waals surface area contributed by atoms with Crippen molar-refractivity contribution in [2.45, 2.75) is 52.2 Å². The van der Waals surface area contributed by atoms with Gasteiger partial charge < -0.3 is 9.67 Å². The lowest BCUT2D eigenvalue weighted by Gasteiger charge is -2.19. The van der Waals surface area contributed by atoms with E-state index in [1.807, 2.05) is 10.8 Å². The molecule has 0 amide bonds. The molecule has 0 bridgehead atoms. The number of aliphatic hydroxyl groups excluding tert-OH is 1. The van der Waals surface area contributed by atoms with Gasteiger partial charge in [0.15, 0.2) is 0 Å². The summed E-state index contributed by atoms with van der Waals surface area (Å²) in [7, 11) is 0. The number of imidazole rings is 1. The summed E-state index contributed by atoms with van der Waals surface area (Å²) in [5.41, 5.74) is 0.767. The highest BCUT2D eigenvalue weighted by molar-refractivity contribution is 7.05. The molecule has 5 nitrogen and oxygen atoms in total. The molecule has 1 atom stereocenters. The first-order valence-corrected chi connectivity index (χ1v) is 7.21. The van der Waals surface area contributed by atoms with Gasteiger partial charge in [0, 0.05) is 30.8 Å². The first-order valence-electron chi connectivity index (χ1n) is 6.44. The molecule has 2 aromatic heterocycles. The molecule has 0 aliphatic rings. The van der Waals surface area contributed by atoms with Crippen LogP contribution in [0.5, 0.6) is 0 Å². The van der Waals surface area contributed by atoms with Crippen LogP contribution in [0.1, 0.15) is 50.2 Å². The maximum absolute atomic E-state index is 10.4. The molecule has 2 aromatic rings. The zero-order chi connectivity index (χ0) is 14.0. The Labute approximate surface area is 117 Å². The third-order valence-corrected chi connectivity index (χ3v) is 3.87. The largest absolute Gasteiger partial charge is 0.387 e. The van der Waals surface area contributed by atoms with Crippen LogP contribution in [-0.2, 0) is 18.4 Å². The van der Waals surface area contributed by atoms with Gasteiger partial charge in [-0.15, -0.1) is 5.10 Å². The van der Waals surface area contributed by atoms with Crippen LogP contribution in [0, 0.1) is 0 Å². The van der Waals surface area contributed by atoms with Crippen LogP contribution in [0.4, 0.5) is 0 Å². The summed E-state index contributed by atoms with van der Waals surface area (Å²) in [6, 6.07) is 0. The molecule has 6 heteroatoms. The van der Waals surface area contributed by atoms with E-state index in [1.54, 1.807) is 6.20 Å². The van der Waals surface area contributed by atoms with E-state index in [2.05, 4.69) is 42.3 Å². The first-order chi connectivity index (χ1) is 8.93. The Balaban J connectivity index is 2.21. The van der Waals surface area contributed by atoms with Gasteiger partial charge in [-0.05, 0) is 18.5 Å². The highest BCUT2D eigenvalue weighted by atomic mass is 32.1. The SMILES string of the molecule is CCn1ccnc1CC(O)c1snnc1C(C)(C)C. The van der Waals surface area contributed by atoms with Gasteiger partial charge in [-0.25, -0.2) is 4.98 Å². The molecule has 0 spiro atoms. The topological polar surface area (TPSA) is 63.8 Å². The van der Waals surface area contributed by atoms with Gasteiger partial charge in [0.2, 0.25) is 0 Å². The Morgan fingerprint density at radius 2 is 2.16 bits per heavy atom. The summed E-state index contributed by atoms with van der Waals surface area (Å²) in [4.78, 5) is 5.14. The minimum absolute atomic E-state index is 0.108. The van der Waals surface area contributed by atoms with Crippen LogP contribution in [0.25, 0.3) is 0 Å². The number of hydrogen-bond acceptors (Lipinski definition) is 5. The smallest absolute Gasteiger partial charge is 0.111 e. The Morgan fingerprint density at radius 1 is 1.42 bits per heavy atom. The molecule has 2 rings (SSSR count). The lowest BCUT2D eigenvalue weighted by molar-refractivity contribution is 0.175. The fourth-order valence-electron chi connectivity index (χ4n) is 2.02. The van der Waals surface area contributed by atoms with Crippen molar-refractivity contribution >= 4 is 11.5 Å². The second-order valence-corrected chi connectivity index (χ2v) is 6.37. The molecular formula is C13H20N4OS. The van der Waals surface area contributed by atoms with E-state index >= 15 is 0 Å². The quantitative estimate of drug-likeness (QED) is 0.933. The molecule has 104 valence electrons. The normalized spacial score (nSPS) is 13.7. The van der Waals surface area contributed by atoms with Crippen molar-refractivity contribution in [2.75, 3.05) is 0 Å². The molecule has 0 aromatic carbocycles. The van der Waals surface area contributed by atoms with Gasteiger partial charge in [-0.1, -0.05) is 25.3 Å². The van der Waals surface area contributed by atoms with Gasteiger partial charge in [-0.2, -0.15) is 0 Å². The fraction of sp³-hybridized carbons (Fsp3) is 0.615. The molecule has 0 aliphatic heterocycles. The number of aromatic nitrogens is 4. The Kier molecular flexibility index (Phi) is 4.01. The van der Waals surface area contributed by atoms with Crippen LogP contribution < -0.4 is 0 Å². The fourth-order valence-corrected chi connectivity index (χ4v) is 2.87. The molecule has 0 aliphatic carbocycles. The first kappa shape index (κ1) is 14.1. The highest BCUT2D eigenvalue weighted by Gasteiger charge is 2.27. The van der Waals surface area contributed by atoms with Gasteiger partial charge in [0.25, 0.3) is 0 Å². The summed E-state index contributed by atoms with van der Waals surface area (Å²) in [5, 5.41) is 14.6. The van der Waals surface area contributed by atoms with Crippen molar-refractivity contribution in [1.82, 2.24) is 19.1 Å². The van der Waals surface area contributed by atoms with Crippen molar-refractivity contribution < 1.29 is 5.11 Å². The van der Waals surface area contributed by atoms with Crippen LogP contribution in [0.15, 0.2) is 12.4 Å². The summed E-state index contributed by atoms with van der Waals surface area (Å²) < 4.78 is 6.02. The summed E-state index contributed by atoms with van der Waals surface area (Å²) in [6.45, 7) is 9.15. The van der Waals surface area contributed by atoms with E-state index in [9.17, 15) is 5.11 Å². The summed E-state index contributed by atoms with van der Waals surface area (Å²) >= 11 is 1.27. The summed E-state index contributed by atoms with van der Waals surface area (Å²) in [5.74, 6) is 0.892. The molecule has 0 radical (unpaired) electrons. The number of hydrogen-bond donors (Lipinski definition) is 1. The average Bonchev–Trinajstić information content (AvgIpc) is 2.95. The Hall–Kier alpha value is -1.27. The maximum Gasteiger partial charge on any atom is 0.111 e. The molecule has 0 saturated carbocycles. The van der Waals surface area contributed by atoms with Gasteiger partial charge >= 0.3 is 0 Å². The third-order valence-electron chi connectivity index (χ3n) is 3.04. The second-order valence-electron chi connectivity index (χ2n) is 5.59. The molecule has 1 N–H and O–H groups in total. The number of aliphatic hydroxyl groups is 1. The second kappa shape index (κ2) is 5.38. The van der Waals surface area contributed by atoms with Crippen molar-refractivity contribution in [3.63, 3.8) is 0 Å². The van der Waals surface area contributed by atoms with E-state index in [4.69, 9.17) is 0 Å². The van der Waals surface area contributed by atoms with E-state index in [-0.39, 0.29) is 5.41 Å². The lowest BCUT2D eigenvalue weighted by Crippen LogP contribution is -2.17. The van der Waals surface area contributed by atoms with Gasteiger partial charge in [0.05, 0.1) is 16.7 Å². The van der Waals surface area contributed by atoms with Crippen molar-refractivity contribution in [3.8, 4) is 0 Å². The molecule has 0 fully saturated rings. The zero-order valence-corrected chi connectivity index (χ0v) is 12.6. The van der Waals surface area contributed by atoms with Crippen molar-refractivity contribution in [2.24, 2.45) is 0 Å². The van der Waals surface area contributed by atoms with Crippen molar-refractivity contribution in [3.05, 3.63) is 28.8 Å². The molecule has 1 unspecified atom stereocenters. The lowest BCUT2D eigenvalue weighted by atomic mass is 9.90. The molecular weight excluding hydrogens is 260 g/mol. The van der Waals surface area contributed by atoms with Crippen molar-refractivity contribution in [1.29, 1.82) is 0 Å². The zero-order valence-electron chi connectivity index (χ0n) is 11.8.